The van der Waals surface area contributed by atoms with Gasteiger partial charge in [0, 0.05) is 6.54 Å². The molecule has 0 saturated heterocycles. The summed E-state index contributed by atoms with van der Waals surface area (Å²) in [5, 5.41) is 9.16. The molecule has 5 nitrogen and oxygen atoms in total. The average molecular weight is 268 g/mol. The Bertz CT molecular complexity index is 515. The number of hydrogen-bond donors (Lipinski definition) is 2. The molecule has 1 rings (SSSR count). The lowest BCUT2D eigenvalue weighted by molar-refractivity contribution is -0.147. The zero-order valence-electron chi connectivity index (χ0n) is 11.1. The molecule has 3 N–H and O–H groups in total. The van der Waals surface area contributed by atoms with Gasteiger partial charge in [0.1, 0.15) is 11.4 Å². The van der Waals surface area contributed by atoms with Crippen LogP contribution in [-0.4, -0.2) is 34.0 Å². The number of nitrogen functional groups attached to an aromatic ring is 1. The van der Waals surface area contributed by atoms with Gasteiger partial charge in [-0.3, -0.25) is 4.79 Å². The van der Waals surface area contributed by atoms with Crippen molar-refractivity contribution in [2.75, 3.05) is 12.3 Å². The van der Waals surface area contributed by atoms with E-state index in [4.69, 9.17) is 10.8 Å². The lowest BCUT2D eigenvalue weighted by Crippen LogP contribution is -2.53. The average Bonchev–Trinajstić information content (AvgIpc) is 2.32. The highest BCUT2D eigenvalue weighted by molar-refractivity contribution is 6.01. The van der Waals surface area contributed by atoms with Crippen molar-refractivity contribution < 1.29 is 19.1 Å². The van der Waals surface area contributed by atoms with Gasteiger partial charge in [0.2, 0.25) is 0 Å². The van der Waals surface area contributed by atoms with Gasteiger partial charge in [-0.1, -0.05) is 6.07 Å². The van der Waals surface area contributed by atoms with E-state index in [1.54, 1.807) is 6.92 Å². The molecule has 0 aliphatic carbocycles. The highest BCUT2D eigenvalue weighted by Gasteiger charge is 2.37. The number of nitrogens with zero attached hydrogens (tertiary/aromatic N) is 1. The first-order valence-corrected chi connectivity index (χ1v) is 5.82. The van der Waals surface area contributed by atoms with E-state index < -0.39 is 23.2 Å². The molecule has 6 heteroatoms. The van der Waals surface area contributed by atoms with Crippen LogP contribution in [0.25, 0.3) is 0 Å². The quantitative estimate of drug-likeness (QED) is 0.815. The third-order valence-corrected chi connectivity index (χ3v) is 3.04. The largest absolute Gasteiger partial charge is 0.480 e. The van der Waals surface area contributed by atoms with Crippen molar-refractivity contribution in [1.29, 1.82) is 0 Å². The Kier molecular flexibility index (Phi) is 4.14. The summed E-state index contributed by atoms with van der Waals surface area (Å²) in [5.74, 6) is -2.44. The van der Waals surface area contributed by atoms with Gasteiger partial charge in [-0.05, 0) is 32.9 Å². The molecule has 0 aliphatic rings. The lowest BCUT2D eigenvalue weighted by Gasteiger charge is -2.34. The number of rotatable bonds is 4. The maximum atomic E-state index is 13.3. The smallest absolute Gasteiger partial charge is 0.329 e. The Balaban J connectivity index is 3.24. The van der Waals surface area contributed by atoms with Crippen molar-refractivity contribution in [2.24, 2.45) is 0 Å². The molecule has 0 radical (unpaired) electrons. The monoisotopic (exact) mass is 268 g/mol. The number of anilines is 1. The Morgan fingerprint density at radius 3 is 2.47 bits per heavy atom. The number of carboxylic acids is 1. The van der Waals surface area contributed by atoms with Crippen molar-refractivity contribution >= 4 is 17.6 Å². The van der Waals surface area contributed by atoms with Crippen LogP contribution in [0.5, 0.6) is 0 Å². The van der Waals surface area contributed by atoms with Crippen LogP contribution in [0, 0.1) is 5.82 Å². The van der Waals surface area contributed by atoms with Crippen LogP contribution in [0.3, 0.4) is 0 Å². The first-order valence-electron chi connectivity index (χ1n) is 5.82. The molecule has 0 spiro atoms. The molecule has 0 saturated carbocycles. The second-order valence-corrected chi connectivity index (χ2v) is 4.61. The van der Waals surface area contributed by atoms with Gasteiger partial charge in [-0.15, -0.1) is 0 Å². The van der Waals surface area contributed by atoms with Gasteiger partial charge < -0.3 is 15.7 Å². The van der Waals surface area contributed by atoms with Gasteiger partial charge >= 0.3 is 5.97 Å². The third kappa shape index (κ3) is 2.67. The molecule has 1 aromatic rings. The molecule has 1 aromatic carbocycles. The molecule has 0 bridgehead atoms. The van der Waals surface area contributed by atoms with Crippen LogP contribution < -0.4 is 5.73 Å². The zero-order chi connectivity index (χ0) is 14.8. The molecule has 0 fully saturated rings. The summed E-state index contributed by atoms with van der Waals surface area (Å²) in [4.78, 5) is 24.7. The number of hydrogen-bond acceptors (Lipinski definition) is 3. The van der Waals surface area contributed by atoms with E-state index in [1.165, 1.54) is 26.0 Å². The number of carboxylic acid groups (broad SMARTS) is 1. The van der Waals surface area contributed by atoms with Crippen LogP contribution in [0.15, 0.2) is 18.2 Å². The molecular formula is C13H17FN2O3. The predicted molar refractivity (Wildman–Crippen MR) is 69.2 cm³/mol. The van der Waals surface area contributed by atoms with Crippen molar-refractivity contribution in [2.45, 2.75) is 26.3 Å². The standard InChI is InChI=1S/C13H17FN2O3/c1-4-16(13(2,3)12(18)19)11(17)8-6-5-7-9(14)10(8)15/h5-7H,4,15H2,1-3H3,(H,18,19). The van der Waals surface area contributed by atoms with E-state index in [0.717, 1.165) is 11.0 Å². The summed E-state index contributed by atoms with van der Waals surface area (Å²) in [7, 11) is 0. The van der Waals surface area contributed by atoms with E-state index >= 15 is 0 Å². The Morgan fingerprint density at radius 2 is 2.00 bits per heavy atom. The molecule has 0 heterocycles. The molecule has 0 aromatic heterocycles. The van der Waals surface area contributed by atoms with Gasteiger partial charge in [-0.2, -0.15) is 0 Å². The van der Waals surface area contributed by atoms with Gasteiger partial charge in [0.05, 0.1) is 11.3 Å². The highest BCUT2D eigenvalue weighted by Crippen LogP contribution is 2.22. The normalized spacial score (nSPS) is 11.2. The maximum absolute atomic E-state index is 13.3. The van der Waals surface area contributed by atoms with Crippen LogP contribution >= 0.6 is 0 Å². The second-order valence-electron chi connectivity index (χ2n) is 4.61. The minimum absolute atomic E-state index is 0.0313. The maximum Gasteiger partial charge on any atom is 0.329 e. The number of halogens is 1. The highest BCUT2D eigenvalue weighted by atomic mass is 19.1. The first kappa shape index (κ1) is 14.9. The fourth-order valence-corrected chi connectivity index (χ4v) is 1.78. The summed E-state index contributed by atoms with van der Waals surface area (Å²) in [6, 6.07) is 3.88. The lowest BCUT2D eigenvalue weighted by atomic mass is 10.0. The summed E-state index contributed by atoms with van der Waals surface area (Å²) >= 11 is 0. The van der Waals surface area contributed by atoms with Gasteiger partial charge in [-0.25, -0.2) is 9.18 Å². The predicted octanol–water partition coefficient (Wildman–Crippen LogP) is 1.73. The zero-order valence-corrected chi connectivity index (χ0v) is 11.1. The molecule has 0 aliphatic heterocycles. The molecule has 0 unspecified atom stereocenters. The van der Waals surface area contributed by atoms with E-state index in [0.29, 0.717) is 0 Å². The number of benzene rings is 1. The van der Waals surface area contributed by atoms with Crippen LogP contribution in [0.4, 0.5) is 10.1 Å². The summed E-state index contributed by atoms with van der Waals surface area (Å²) in [6.45, 7) is 4.64. The van der Waals surface area contributed by atoms with E-state index in [2.05, 4.69) is 0 Å². The van der Waals surface area contributed by atoms with Crippen LogP contribution in [-0.2, 0) is 4.79 Å². The van der Waals surface area contributed by atoms with Crippen LogP contribution in [0.2, 0.25) is 0 Å². The minimum atomic E-state index is -1.40. The topological polar surface area (TPSA) is 83.6 Å². The number of nitrogens with two attached hydrogens (primary N) is 1. The van der Waals surface area contributed by atoms with Crippen molar-refractivity contribution in [3.63, 3.8) is 0 Å². The van der Waals surface area contributed by atoms with Gasteiger partial charge in [0.25, 0.3) is 5.91 Å². The van der Waals surface area contributed by atoms with E-state index in [9.17, 15) is 14.0 Å². The van der Waals surface area contributed by atoms with Crippen molar-refractivity contribution in [3.05, 3.63) is 29.6 Å². The molecule has 0 atom stereocenters. The molecular weight excluding hydrogens is 251 g/mol. The molecule has 1 amide bonds. The number of carbonyl (C=O) groups is 2. The summed E-state index contributed by atoms with van der Waals surface area (Å²) in [5.41, 5.74) is 3.82. The fourth-order valence-electron chi connectivity index (χ4n) is 1.78. The molecule has 19 heavy (non-hydrogen) atoms. The SMILES string of the molecule is CCN(C(=O)c1cccc(F)c1N)C(C)(C)C(=O)O. The van der Waals surface area contributed by atoms with E-state index in [1.807, 2.05) is 0 Å². The Hall–Kier alpha value is -2.11. The number of amides is 1. The van der Waals surface area contributed by atoms with Gasteiger partial charge in [0.15, 0.2) is 0 Å². The Morgan fingerprint density at radius 1 is 1.42 bits per heavy atom. The van der Waals surface area contributed by atoms with Crippen LogP contribution in [0.1, 0.15) is 31.1 Å². The summed E-state index contributed by atoms with van der Waals surface area (Å²) < 4.78 is 13.3. The first-order chi connectivity index (χ1) is 8.73. The number of carbonyl (C=O) groups excluding carboxylic acids is 1. The van der Waals surface area contributed by atoms with Crippen molar-refractivity contribution in [3.8, 4) is 0 Å². The minimum Gasteiger partial charge on any atom is -0.480 e. The third-order valence-electron chi connectivity index (χ3n) is 3.04. The van der Waals surface area contributed by atoms with E-state index in [-0.39, 0.29) is 17.8 Å². The Labute approximate surface area is 110 Å². The number of likely N-dealkylation sites (N-methyl/N-ethyl adjacent to an activating group) is 1. The molecule has 104 valence electrons. The fraction of sp³-hybridized carbons (Fsp3) is 0.385. The van der Waals surface area contributed by atoms with Crippen molar-refractivity contribution in [1.82, 2.24) is 4.90 Å². The number of para-hydroxylation sites is 1. The number of aliphatic carboxylic acids is 1. The summed E-state index contributed by atoms with van der Waals surface area (Å²) in [6.07, 6.45) is 0. The second kappa shape index (κ2) is 5.26.